The largest absolute Gasteiger partial charge is 0.494 e. The molecule has 7 nitrogen and oxygen atoms in total. The molecule has 10 heteroatoms. The minimum absolute atomic E-state index is 0.0197. The third-order valence-corrected chi connectivity index (χ3v) is 6.54. The Morgan fingerprint density at radius 3 is 2.62 bits per heavy atom. The summed E-state index contributed by atoms with van der Waals surface area (Å²) in [5.74, 6) is -1.89. The van der Waals surface area contributed by atoms with Crippen LogP contribution in [0.3, 0.4) is 0 Å². The summed E-state index contributed by atoms with van der Waals surface area (Å²) in [6, 6.07) is 4.52. The molecule has 1 N–H and O–H groups in total. The van der Waals surface area contributed by atoms with Gasteiger partial charge in [0.15, 0.2) is 0 Å². The summed E-state index contributed by atoms with van der Waals surface area (Å²) in [6.07, 6.45) is 2.65. The van der Waals surface area contributed by atoms with Gasteiger partial charge in [-0.1, -0.05) is 13.3 Å². The van der Waals surface area contributed by atoms with E-state index < -0.39 is 34.5 Å². The van der Waals surface area contributed by atoms with Crippen LogP contribution in [0.15, 0.2) is 35.5 Å². The molecule has 1 saturated carbocycles. The van der Waals surface area contributed by atoms with Crippen LogP contribution >= 0.6 is 0 Å². The highest BCUT2D eigenvalue weighted by atomic mass is 32.2. The highest BCUT2D eigenvalue weighted by Crippen LogP contribution is 2.40. The monoisotopic (exact) mass is 428 g/mol. The Labute approximate surface area is 169 Å². The molecule has 160 valence electrons. The fourth-order valence-corrected chi connectivity index (χ4v) is 4.83. The van der Waals surface area contributed by atoms with Gasteiger partial charge < -0.3 is 9.30 Å². The van der Waals surface area contributed by atoms with Gasteiger partial charge in [-0.3, -0.25) is 0 Å². The predicted molar refractivity (Wildman–Crippen MR) is 104 cm³/mol. The van der Waals surface area contributed by atoms with E-state index in [1.807, 2.05) is 0 Å². The topological polar surface area (TPSA) is 86.1 Å². The minimum atomic E-state index is -3.93. The van der Waals surface area contributed by atoms with Gasteiger partial charge >= 0.3 is 0 Å². The number of hydrogen-bond donors (Lipinski definition) is 1. The number of aromatic nitrogens is 3. The zero-order valence-electron chi connectivity index (χ0n) is 16.5. The van der Waals surface area contributed by atoms with Gasteiger partial charge in [-0.25, -0.2) is 21.9 Å². The lowest BCUT2D eigenvalue weighted by molar-refractivity contribution is -0.0579. The van der Waals surface area contributed by atoms with E-state index in [0.717, 1.165) is 12.8 Å². The van der Waals surface area contributed by atoms with Crippen LogP contribution in [0.25, 0.3) is 0 Å². The predicted octanol–water partition coefficient (Wildman–Crippen LogP) is 3.47. The molecule has 1 fully saturated rings. The molecule has 0 unspecified atom stereocenters. The number of halogens is 2. The molecular weight excluding hydrogens is 402 g/mol. The first-order chi connectivity index (χ1) is 13.7. The summed E-state index contributed by atoms with van der Waals surface area (Å²) in [7, 11) is -3.93. The molecule has 1 heterocycles. The second kappa shape index (κ2) is 8.74. The summed E-state index contributed by atoms with van der Waals surface area (Å²) < 4.78 is 63.6. The second-order valence-electron chi connectivity index (χ2n) is 7.43. The number of rotatable bonds is 8. The van der Waals surface area contributed by atoms with E-state index in [9.17, 15) is 17.2 Å². The molecular formula is C19H26F2N4O3S. The van der Waals surface area contributed by atoms with E-state index in [1.54, 1.807) is 23.6 Å². The van der Waals surface area contributed by atoms with Crippen LogP contribution in [0.2, 0.25) is 0 Å². The Hall–Kier alpha value is -2.07. The van der Waals surface area contributed by atoms with Gasteiger partial charge in [0.05, 0.1) is 11.5 Å². The van der Waals surface area contributed by atoms with Crippen molar-refractivity contribution in [1.82, 2.24) is 19.5 Å². The lowest BCUT2D eigenvalue weighted by Gasteiger charge is -2.35. The van der Waals surface area contributed by atoms with Crippen molar-refractivity contribution in [3.63, 3.8) is 0 Å². The van der Waals surface area contributed by atoms with E-state index >= 15 is 0 Å². The van der Waals surface area contributed by atoms with Crippen LogP contribution in [-0.4, -0.2) is 41.8 Å². The van der Waals surface area contributed by atoms with Gasteiger partial charge in [0.1, 0.15) is 17.9 Å². The number of nitrogens with zero attached hydrogens (tertiary/aromatic N) is 3. The van der Waals surface area contributed by atoms with E-state index in [2.05, 4.69) is 21.8 Å². The van der Waals surface area contributed by atoms with Crippen molar-refractivity contribution in [1.29, 1.82) is 0 Å². The molecule has 2 aromatic rings. The smallest absolute Gasteiger partial charge is 0.251 e. The molecule has 0 spiro atoms. The fourth-order valence-electron chi connectivity index (χ4n) is 3.58. The van der Waals surface area contributed by atoms with E-state index in [1.165, 1.54) is 18.5 Å². The molecule has 0 aliphatic heterocycles. The summed E-state index contributed by atoms with van der Waals surface area (Å²) in [5.41, 5.74) is 0. The normalized spacial score (nSPS) is 21.8. The highest BCUT2D eigenvalue weighted by molar-refractivity contribution is 7.89. The molecule has 1 aromatic heterocycles. The van der Waals surface area contributed by atoms with Crippen molar-refractivity contribution < 1.29 is 21.9 Å². The van der Waals surface area contributed by atoms with Crippen molar-refractivity contribution in [2.24, 2.45) is 0 Å². The van der Waals surface area contributed by atoms with Gasteiger partial charge in [-0.2, -0.15) is 0 Å². The average molecular weight is 429 g/mol. The number of alkyl halides is 2. The van der Waals surface area contributed by atoms with E-state index in [0.29, 0.717) is 18.2 Å². The van der Waals surface area contributed by atoms with Crippen molar-refractivity contribution in [3.05, 3.63) is 36.4 Å². The maximum atomic E-state index is 14.3. The Bertz CT molecular complexity index is 916. The fraction of sp³-hybridized carbons (Fsp3) is 0.579. The molecule has 0 saturated heterocycles. The molecule has 1 aliphatic carbocycles. The average Bonchev–Trinajstić information content (AvgIpc) is 3.07. The number of hydrogen-bond acceptors (Lipinski definition) is 5. The third-order valence-electron chi connectivity index (χ3n) is 5.00. The molecule has 1 aromatic carbocycles. The molecule has 3 rings (SSSR count). The minimum Gasteiger partial charge on any atom is -0.494 e. The van der Waals surface area contributed by atoms with Crippen LogP contribution in [0.1, 0.15) is 50.9 Å². The zero-order chi connectivity index (χ0) is 21.1. The molecule has 0 radical (unpaired) electrons. The van der Waals surface area contributed by atoms with Gasteiger partial charge in [0.25, 0.3) is 5.92 Å². The maximum absolute atomic E-state index is 14.3. The van der Waals surface area contributed by atoms with Gasteiger partial charge in [-0.15, -0.1) is 10.2 Å². The first kappa shape index (κ1) is 21.6. The summed E-state index contributed by atoms with van der Waals surface area (Å²) in [6.45, 7) is 4.29. The number of ether oxygens (including phenoxy) is 1. The van der Waals surface area contributed by atoms with Gasteiger partial charge in [0.2, 0.25) is 10.0 Å². The van der Waals surface area contributed by atoms with Crippen LogP contribution in [-0.2, 0) is 10.0 Å². The maximum Gasteiger partial charge on any atom is 0.251 e. The van der Waals surface area contributed by atoms with Crippen LogP contribution in [0.5, 0.6) is 5.75 Å². The SMILES string of the molecule is CCCCOc1ccc(S(=O)(=O)N[C@@H]2C[C@H](n3cnnc3C)CC(F)(F)C2)cc1. The van der Waals surface area contributed by atoms with Crippen molar-refractivity contribution in [2.75, 3.05) is 6.61 Å². The quantitative estimate of drug-likeness (QED) is 0.651. The number of sulfonamides is 1. The van der Waals surface area contributed by atoms with Crippen LogP contribution < -0.4 is 9.46 Å². The molecule has 2 atom stereocenters. The van der Waals surface area contributed by atoms with Gasteiger partial charge in [0, 0.05) is 24.9 Å². The van der Waals surface area contributed by atoms with Crippen molar-refractivity contribution in [3.8, 4) is 5.75 Å². The first-order valence-corrected chi connectivity index (χ1v) is 11.2. The number of benzene rings is 1. The second-order valence-corrected chi connectivity index (χ2v) is 9.14. The summed E-state index contributed by atoms with van der Waals surface area (Å²) in [5, 5.41) is 7.58. The van der Waals surface area contributed by atoms with Crippen LogP contribution in [0.4, 0.5) is 8.78 Å². The summed E-state index contributed by atoms with van der Waals surface area (Å²) in [4.78, 5) is 0.0197. The highest BCUT2D eigenvalue weighted by Gasteiger charge is 2.43. The Balaban J connectivity index is 1.70. The Kier molecular flexibility index (Phi) is 6.52. The molecule has 0 bridgehead atoms. The van der Waals surface area contributed by atoms with Crippen molar-refractivity contribution >= 4 is 10.0 Å². The Morgan fingerprint density at radius 2 is 2.00 bits per heavy atom. The van der Waals surface area contributed by atoms with E-state index in [-0.39, 0.29) is 17.7 Å². The lowest BCUT2D eigenvalue weighted by atomic mass is 9.88. The molecule has 1 aliphatic rings. The van der Waals surface area contributed by atoms with E-state index in [4.69, 9.17) is 4.74 Å². The molecule has 29 heavy (non-hydrogen) atoms. The molecule has 0 amide bonds. The van der Waals surface area contributed by atoms with Crippen LogP contribution in [0, 0.1) is 6.92 Å². The number of aryl methyl sites for hydroxylation is 1. The lowest BCUT2D eigenvalue weighted by Crippen LogP contribution is -2.45. The standard InChI is InChI=1S/C19H26F2N4O3S/c1-3-4-9-28-17-5-7-18(8-6-17)29(26,27)24-15-10-16(12-19(20,21)11-15)25-13-22-23-14(25)2/h5-8,13,15-16,24H,3-4,9-12H2,1-2H3/t15-,16+/m1/s1. The number of nitrogens with one attached hydrogen (secondary N) is 1. The zero-order valence-corrected chi connectivity index (χ0v) is 17.3. The third kappa shape index (κ3) is 5.51. The first-order valence-electron chi connectivity index (χ1n) is 9.69. The van der Waals surface area contributed by atoms with Crippen molar-refractivity contribution in [2.45, 2.75) is 68.9 Å². The number of unbranched alkanes of at least 4 members (excludes halogenated alkanes) is 1. The Morgan fingerprint density at radius 1 is 1.28 bits per heavy atom. The summed E-state index contributed by atoms with van der Waals surface area (Å²) >= 11 is 0. The van der Waals surface area contributed by atoms with Gasteiger partial charge in [-0.05, 0) is 44.0 Å².